The third kappa shape index (κ3) is 3.74. The van der Waals surface area contributed by atoms with Gasteiger partial charge in [0.2, 0.25) is 0 Å². The van der Waals surface area contributed by atoms with Gasteiger partial charge in [-0.15, -0.1) is 0 Å². The molecule has 2 nitrogen and oxygen atoms in total. The number of hydrogen-bond donors (Lipinski definition) is 1. The second-order valence-electron chi connectivity index (χ2n) is 1.52. The quantitative estimate of drug-likeness (QED) is 0.541. The highest BCUT2D eigenvalue weighted by molar-refractivity contribution is 5.55. The Balaban J connectivity index is 2.98. The van der Waals surface area contributed by atoms with Crippen molar-refractivity contribution in [2.45, 2.75) is 19.0 Å². The van der Waals surface area contributed by atoms with Crippen LogP contribution < -0.4 is 0 Å². The number of aliphatic hydroxyl groups excluding tert-OH is 1. The molecule has 0 aliphatic rings. The molecule has 1 N–H and O–H groups in total. The Morgan fingerprint density at radius 1 is 1.75 bits per heavy atom. The van der Waals surface area contributed by atoms with Gasteiger partial charge < -0.3 is 9.90 Å². The molecule has 1 unspecified atom stereocenters. The average molecular weight is 120 g/mol. The Bertz CT molecular complexity index is 65.4. The van der Waals surface area contributed by atoms with Crippen molar-refractivity contribution in [1.29, 1.82) is 0 Å². The number of hydrogen-bond acceptors (Lipinski definition) is 2. The zero-order valence-corrected chi connectivity index (χ0v) is 4.51. The van der Waals surface area contributed by atoms with Gasteiger partial charge in [0.25, 0.3) is 0 Å². The summed E-state index contributed by atoms with van der Waals surface area (Å²) in [5.41, 5.74) is 0. The highest BCUT2D eigenvalue weighted by atomic mass is 19.1. The smallest absolute Gasteiger partial charge is 0.155 e. The largest absolute Gasteiger partial charge is 0.396 e. The van der Waals surface area contributed by atoms with Gasteiger partial charge in [-0.05, 0) is 12.8 Å². The summed E-state index contributed by atoms with van der Waals surface area (Å²) in [5, 5.41) is 8.13. The third-order valence-electron chi connectivity index (χ3n) is 0.786. The van der Waals surface area contributed by atoms with Crippen molar-refractivity contribution in [3.05, 3.63) is 0 Å². The van der Waals surface area contributed by atoms with Gasteiger partial charge in [0.1, 0.15) is 0 Å². The second-order valence-corrected chi connectivity index (χ2v) is 1.52. The SMILES string of the molecule is O=CC(F)CCCO. The minimum absolute atomic E-state index is 0.0474. The van der Waals surface area contributed by atoms with Crippen molar-refractivity contribution in [2.24, 2.45) is 0 Å². The summed E-state index contributed by atoms with van der Waals surface area (Å²) in [5.74, 6) is 0. The van der Waals surface area contributed by atoms with E-state index in [2.05, 4.69) is 0 Å². The summed E-state index contributed by atoms with van der Waals surface area (Å²) in [4.78, 5) is 9.55. The van der Waals surface area contributed by atoms with Crippen LogP contribution in [0.4, 0.5) is 4.39 Å². The van der Waals surface area contributed by atoms with E-state index < -0.39 is 6.17 Å². The van der Waals surface area contributed by atoms with Crippen LogP contribution in [0.15, 0.2) is 0 Å². The summed E-state index contributed by atoms with van der Waals surface area (Å²) in [6.45, 7) is -0.0474. The molecule has 1 atom stereocenters. The van der Waals surface area contributed by atoms with Crippen LogP contribution in [0.2, 0.25) is 0 Å². The van der Waals surface area contributed by atoms with Crippen molar-refractivity contribution >= 4 is 6.29 Å². The number of rotatable bonds is 4. The van der Waals surface area contributed by atoms with Gasteiger partial charge in [0, 0.05) is 6.61 Å². The topological polar surface area (TPSA) is 37.3 Å². The molecule has 0 heterocycles. The van der Waals surface area contributed by atoms with Crippen LogP contribution in [0.5, 0.6) is 0 Å². The summed E-state index contributed by atoms with van der Waals surface area (Å²) in [6.07, 6.45) is -0.641. The van der Waals surface area contributed by atoms with Gasteiger partial charge in [-0.3, -0.25) is 0 Å². The zero-order chi connectivity index (χ0) is 6.41. The molecule has 3 heteroatoms. The van der Waals surface area contributed by atoms with E-state index in [1.54, 1.807) is 0 Å². The second kappa shape index (κ2) is 4.71. The molecule has 0 saturated carbocycles. The number of alkyl halides is 1. The van der Waals surface area contributed by atoms with E-state index in [4.69, 9.17) is 5.11 Å². The van der Waals surface area contributed by atoms with E-state index in [1.807, 2.05) is 0 Å². The van der Waals surface area contributed by atoms with Gasteiger partial charge in [0.05, 0.1) is 0 Å². The molecular formula is C5H9FO2. The van der Waals surface area contributed by atoms with Gasteiger partial charge in [-0.2, -0.15) is 0 Å². The minimum atomic E-state index is -1.39. The highest BCUT2D eigenvalue weighted by Crippen LogP contribution is 1.96. The van der Waals surface area contributed by atoms with Crippen LogP contribution in [-0.2, 0) is 4.79 Å². The highest BCUT2D eigenvalue weighted by Gasteiger charge is 2.00. The van der Waals surface area contributed by atoms with Crippen LogP contribution >= 0.6 is 0 Å². The molecule has 8 heavy (non-hydrogen) atoms. The fourth-order valence-corrected chi connectivity index (χ4v) is 0.354. The van der Waals surface area contributed by atoms with E-state index in [0.29, 0.717) is 6.42 Å². The molecule has 0 amide bonds. The first-order chi connectivity index (χ1) is 3.81. The number of carbonyl (C=O) groups excluding carboxylic acids is 1. The van der Waals surface area contributed by atoms with Crippen LogP contribution in [0, 0.1) is 0 Å². The maximum atomic E-state index is 11.8. The van der Waals surface area contributed by atoms with Crippen LogP contribution in [0.3, 0.4) is 0 Å². The van der Waals surface area contributed by atoms with Gasteiger partial charge in [0.15, 0.2) is 12.5 Å². The lowest BCUT2D eigenvalue weighted by atomic mass is 10.2. The van der Waals surface area contributed by atoms with E-state index in [1.165, 1.54) is 0 Å². The predicted molar refractivity (Wildman–Crippen MR) is 27.3 cm³/mol. The van der Waals surface area contributed by atoms with Crippen molar-refractivity contribution in [3.63, 3.8) is 0 Å². The molecular weight excluding hydrogens is 111 g/mol. The molecule has 0 aromatic carbocycles. The van der Waals surface area contributed by atoms with Gasteiger partial charge in [-0.25, -0.2) is 4.39 Å². The Morgan fingerprint density at radius 3 is 2.75 bits per heavy atom. The fourth-order valence-electron chi connectivity index (χ4n) is 0.354. The van der Waals surface area contributed by atoms with E-state index >= 15 is 0 Å². The number of halogens is 1. The Labute approximate surface area is 47.3 Å². The summed E-state index contributed by atoms with van der Waals surface area (Å²) in [6, 6.07) is 0. The summed E-state index contributed by atoms with van der Waals surface area (Å²) < 4.78 is 11.8. The lowest BCUT2D eigenvalue weighted by Crippen LogP contribution is -2.01. The lowest BCUT2D eigenvalue weighted by molar-refractivity contribution is -0.112. The maximum Gasteiger partial charge on any atom is 0.155 e. The first-order valence-electron chi connectivity index (χ1n) is 2.51. The number of aldehydes is 1. The van der Waals surface area contributed by atoms with Crippen molar-refractivity contribution in [1.82, 2.24) is 0 Å². The molecule has 48 valence electrons. The van der Waals surface area contributed by atoms with Gasteiger partial charge >= 0.3 is 0 Å². The Morgan fingerprint density at radius 2 is 2.38 bits per heavy atom. The molecule has 0 spiro atoms. The van der Waals surface area contributed by atoms with Crippen LogP contribution in [0.1, 0.15) is 12.8 Å². The molecule has 0 saturated heterocycles. The summed E-state index contributed by atoms with van der Waals surface area (Å²) in [7, 11) is 0. The van der Waals surface area contributed by atoms with Crippen molar-refractivity contribution in [3.8, 4) is 0 Å². The molecule has 0 aromatic heterocycles. The van der Waals surface area contributed by atoms with E-state index in [0.717, 1.165) is 0 Å². The Hall–Kier alpha value is -0.440. The molecule has 0 radical (unpaired) electrons. The zero-order valence-electron chi connectivity index (χ0n) is 4.51. The first kappa shape index (κ1) is 7.56. The van der Waals surface area contributed by atoms with E-state index in [-0.39, 0.29) is 19.3 Å². The van der Waals surface area contributed by atoms with Crippen LogP contribution in [-0.4, -0.2) is 24.2 Å². The molecule has 0 bridgehead atoms. The van der Waals surface area contributed by atoms with Gasteiger partial charge in [-0.1, -0.05) is 0 Å². The number of carbonyl (C=O) groups is 1. The average Bonchev–Trinajstić information content (AvgIpc) is 1.83. The number of aliphatic hydroxyl groups is 1. The molecule has 0 rings (SSSR count). The molecule has 0 aliphatic heterocycles. The third-order valence-corrected chi connectivity index (χ3v) is 0.786. The predicted octanol–water partition coefficient (Wildman–Crippen LogP) is 0.296. The molecule has 0 aliphatic carbocycles. The maximum absolute atomic E-state index is 11.8. The first-order valence-corrected chi connectivity index (χ1v) is 2.51. The normalized spacial score (nSPS) is 13.2. The fraction of sp³-hybridized carbons (Fsp3) is 0.800. The molecule has 0 aromatic rings. The van der Waals surface area contributed by atoms with E-state index in [9.17, 15) is 9.18 Å². The monoisotopic (exact) mass is 120 g/mol. The molecule has 0 fully saturated rings. The standard InChI is InChI=1S/C5H9FO2/c6-5(4-8)2-1-3-7/h4-5,7H,1-3H2. The summed E-state index contributed by atoms with van der Waals surface area (Å²) >= 11 is 0. The Kier molecular flexibility index (Phi) is 4.45. The van der Waals surface area contributed by atoms with Crippen molar-refractivity contribution in [2.75, 3.05) is 6.61 Å². The lowest BCUT2D eigenvalue weighted by Gasteiger charge is -1.94. The minimum Gasteiger partial charge on any atom is -0.396 e. The van der Waals surface area contributed by atoms with Crippen LogP contribution in [0.25, 0.3) is 0 Å². The van der Waals surface area contributed by atoms with Crippen molar-refractivity contribution < 1.29 is 14.3 Å².